The maximum absolute atomic E-state index is 11.8. The van der Waals surface area contributed by atoms with Crippen LogP contribution in [0, 0.1) is 0 Å². The van der Waals surface area contributed by atoms with Crippen molar-refractivity contribution < 1.29 is 9.53 Å². The van der Waals surface area contributed by atoms with Gasteiger partial charge in [0.05, 0.1) is 12.3 Å². The summed E-state index contributed by atoms with van der Waals surface area (Å²) in [5.74, 6) is -0.330. The van der Waals surface area contributed by atoms with Gasteiger partial charge in [0.25, 0.3) is 0 Å². The first-order valence-electron chi connectivity index (χ1n) is 5.62. The molecule has 0 N–H and O–H groups in total. The predicted octanol–water partition coefficient (Wildman–Crippen LogP) is 2.77. The number of rotatable bonds is 4. The molecule has 94 valence electrons. The quantitative estimate of drug-likeness (QED) is 0.628. The molecule has 1 aromatic heterocycles. The van der Waals surface area contributed by atoms with Crippen LogP contribution in [0.1, 0.15) is 17.3 Å². The Morgan fingerprint density at radius 3 is 2.72 bits per heavy atom. The number of hydrogen-bond acceptors (Lipinski definition) is 4. The summed E-state index contributed by atoms with van der Waals surface area (Å²) in [6.07, 6.45) is 3.60. The van der Waals surface area contributed by atoms with Crippen molar-refractivity contribution >= 4 is 17.7 Å². The van der Waals surface area contributed by atoms with Gasteiger partial charge in [0.2, 0.25) is 0 Å². The summed E-state index contributed by atoms with van der Waals surface area (Å²) >= 11 is 1.43. The summed E-state index contributed by atoms with van der Waals surface area (Å²) in [5, 5.41) is 5.06. The Bertz CT molecular complexity index is 537. The molecule has 18 heavy (non-hydrogen) atoms. The zero-order valence-electron chi connectivity index (χ0n) is 10.3. The van der Waals surface area contributed by atoms with Gasteiger partial charge in [-0.05, 0) is 25.3 Å². The third-order valence-corrected chi connectivity index (χ3v) is 3.08. The van der Waals surface area contributed by atoms with E-state index in [4.69, 9.17) is 4.74 Å². The number of aromatic nitrogens is 2. The van der Waals surface area contributed by atoms with Gasteiger partial charge in [-0.2, -0.15) is 5.10 Å². The Morgan fingerprint density at radius 1 is 1.39 bits per heavy atom. The molecule has 0 saturated heterocycles. The van der Waals surface area contributed by atoms with Crippen LogP contribution in [-0.4, -0.2) is 28.6 Å². The van der Waals surface area contributed by atoms with Gasteiger partial charge in [-0.25, -0.2) is 9.48 Å². The van der Waals surface area contributed by atoms with E-state index in [9.17, 15) is 4.79 Å². The molecule has 0 aliphatic rings. The van der Waals surface area contributed by atoms with E-state index < -0.39 is 0 Å². The molecule has 1 heterocycles. The number of hydrogen-bond donors (Lipinski definition) is 0. The molecular weight excluding hydrogens is 248 g/mol. The van der Waals surface area contributed by atoms with Crippen molar-refractivity contribution in [2.24, 2.45) is 0 Å². The lowest BCUT2D eigenvalue weighted by atomic mass is 10.3. The van der Waals surface area contributed by atoms with Crippen LogP contribution in [0.4, 0.5) is 0 Å². The second-order valence-corrected chi connectivity index (χ2v) is 4.35. The van der Waals surface area contributed by atoms with Crippen LogP contribution in [0.25, 0.3) is 5.69 Å². The van der Waals surface area contributed by atoms with Crippen molar-refractivity contribution in [3.05, 3.63) is 42.1 Å². The number of carbonyl (C=O) groups is 1. The minimum absolute atomic E-state index is 0.330. The lowest BCUT2D eigenvalue weighted by Gasteiger charge is -1.99. The SMILES string of the molecule is CCOC(=O)c1cn(-c2ccccc2)nc1SC. The van der Waals surface area contributed by atoms with Crippen LogP contribution in [0.5, 0.6) is 0 Å². The molecule has 0 fully saturated rings. The highest BCUT2D eigenvalue weighted by atomic mass is 32.2. The van der Waals surface area contributed by atoms with E-state index >= 15 is 0 Å². The summed E-state index contributed by atoms with van der Waals surface area (Å²) in [7, 11) is 0. The van der Waals surface area contributed by atoms with Crippen LogP contribution in [0.2, 0.25) is 0 Å². The smallest absolute Gasteiger partial charge is 0.342 e. The number of carbonyl (C=O) groups excluding carboxylic acids is 1. The largest absolute Gasteiger partial charge is 0.462 e. The van der Waals surface area contributed by atoms with Gasteiger partial charge in [0, 0.05) is 6.20 Å². The molecule has 0 aliphatic heterocycles. The fraction of sp³-hybridized carbons (Fsp3) is 0.231. The minimum Gasteiger partial charge on any atom is -0.462 e. The van der Waals surface area contributed by atoms with Crippen molar-refractivity contribution in [3.8, 4) is 5.69 Å². The van der Waals surface area contributed by atoms with E-state index in [-0.39, 0.29) is 5.97 Å². The predicted molar refractivity (Wildman–Crippen MR) is 71.3 cm³/mol. The number of ether oxygens (including phenoxy) is 1. The van der Waals surface area contributed by atoms with E-state index in [0.717, 1.165) is 5.69 Å². The van der Waals surface area contributed by atoms with E-state index in [2.05, 4.69) is 5.10 Å². The average molecular weight is 262 g/mol. The van der Waals surface area contributed by atoms with Crippen LogP contribution < -0.4 is 0 Å². The zero-order valence-corrected chi connectivity index (χ0v) is 11.1. The Hall–Kier alpha value is -1.75. The van der Waals surface area contributed by atoms with Crippen LogP contribution in [-0.2, 0) is 4.74 Å². The van der Waals surface area contributed by atoms with E-state index in [0.29, 0.717) is 17.2 Å². The molecule has 0 saturated carbocycles. The molecule has 0 spiro atoms. The fourth-order valence-corrected chi connectivity index (χ4v) is 2.10. The van der Waals surface area contributed by atoms with Gasteiger partial charge in [-0.3, -0.25) is 0 Å². The molecule has 5 heteroatoms. The normalized spacial score (nSPS) is 10.3. The monoisotopic (exact) mass is 262 g/mol. The second kappa shape index (κ2) is 5.73. The Balaban J connectivity index is 2.38. The Morgan fingerprint density at radius 2 is 2.11 bits per heavy atom. The van der Waals surface area contributed by atoms with Gasteiger partial charge in [-0.15, -0.1) is 11.8 Å². The first-order chi connectivity index (χ1) is 8.76. The highest BCUT2D eigenvalue weighted by Crippen LogP contribution is 2.21. The molecule has 1 aromatic carbocycles. The molecule has 0 bridgehead atoms. The number of para-hydroxylation sites is 1. The van der Waals surface area contributed by atoms with Crippen molar-refractivity contribution in [2.75, 3.05) is 12.9 Å². The number of thioether (sulfide) groups is 1. The summed E-state index contributed by atoms with van der Waals surface area (Å²) in [5.41, 5.74) is 1.43. The maximum Gasteiger partial charge on any atom is 0.342 e. The molecule has 0 unspecified atom stereocenters. The van der Waals surface area contributed by atoms with E-state index in [1.54, 1.807) is 17.8 Å². The van der Waals surface area contributed by atoms with Gasteiger partial charge >= 0.3 is 5.97 Å². The lowest BCUT2D eigenvalue weighted by molar-refractivity contribution is 0.0522. The number of esters is 1. The molecule has 0 aliphatic carbocycles. The van der Waals surface area contributed by atoms with Crippen molar-refractivity contribution in [1.29, 1.82) is 0 Å². The third kappa shape index (κ3) is 2.56. The third-order valence-electron chi connectivity index (χ3n) is 2.39. The summed E-state index contributed by atoms with van der Waals surface area (Å²) < 4.78 is 6.71. The van der Waals surface area contributed by atoms with Crippen LogP contribution >= 0.6 is 11.8 Å². The number of nitrogens with zero attached hydrogens (tertiary/aromatic N) is 2. The lowest BCUT2D eigenvalue weighted by Crippen LogP contribution is -2.04. The second-order valence-electron chi connectivity index (χ2n) is 3.55. The average Bonchev–Trinajstić information content (AvgIpc) is 2.84. The van der Waals surface area contributed by atoms with Crippen molar-refractivity contribution in [3.63, 3.8) is 0 Å². The molecule has 0 radical (unpaired) electrons. The fourth-order valence-electron chi connectivity index (χ4n) is 1.57. The molecular formula is C13H14N2O2S. The Labute approximate surface area is 110 Å². The van der Waals surface area contributed by atoms with Gasteiger partial charge < -0.3 is 4.74 Å². The first kappa shape index (κ1) is 12.7. The molecule has 0 amide bonds. The standard InChI is InChI=1S/C13H14N2O2S/c1-3-17-13(16)11-9-15(14-12(11)18-2)10-7-5-4-6-8-10/h4-9H,3H2,1-2H3. The van der Waals surface area contributed by atoms with Gasteiger partial charge in [0.15, 0.2) is 0 Å². The highest BCUT2D eigenvalue weighted by Gasteiger charge is 2.17. The zero-order chi connectivity index (χ0) is 13.0. The molecule has 4 nitrogen and oxygen atoms in total. The molecule has 2 aromatic rings. The van der Waals surface area contributed by atoms with Gasteiger partial charge in [-0.1, -0.05) is 18.2 Å². The van der Waals surface area contributed by atoms with Crippen LogP contribution in [0.15, 0.2) is 41.6 Å². The topological polar surface area (TPSA) is 44.1 Å². The van der Waals surface area contributed by atoms with Crippen LogP contribution in [0.3, 0.4) is 0 Å². The molecule has 2 rings (SSSR count). The first-order valence-corrected chi connectivity index (χ1v) is 6.85. The maximum atomic E-state index is 11.8. The van der Waals surface area contributed by atoms with E-state index in [1.807, 2.05) is 36.6 Å². The summed E-state index contributed by atoms with van der Waals surface area (Å²) in [4.78, 5) is 11.8. The number of benzene rings is 1. The molecule has 0 atom stereocenters. The van der Waals surface area contributed by atoms with Gasteiger partial charge in [0.1, 0.15) is 10.6 Å². The minimum atomic E-state index is -0.330. The summed E-state index contributed by atoms with van der Waals surface area (Å²) in [6, 6.07) is 9.67. The van der Waals surface area contributed by atoms with Crippen molar-refractivity contribution in [2.45, 2.75) is 11.9 Å². The summed E-state index contributed by atoms with van der Waals surface area (Å²) in [6.45, 7) is 2.15. The highest BCUT2D eigenvalue weighted by molar-refractivity contribution is 7.98. The Kier molecular flexibility index (Phi) is 4.04. The van der Waals surface area contributed by atoms with Crippen molar-refractivity contribution in [1.82, 2.24) is 9.78 Å². The van der Waals surface area contributed by atoms with E-state index in [1.165, 1.54) is 11.8 Å².